The quantitative estimate of drug-likeness (QED) is 0.726. The Morgan fingerprint density at radius 3 is 2.95 bits per heavy atom. The maximum atomic E-state index is 11.9. The van der Waals surface area contributed by atoms with Crippen LogP contribution in [0.25, 0.3) is 10.9 Å². The maximum absolute atomic E-state index is 11.9. The van der Waals surface area contributed by atoms with E-state index < -0.39 is 5.97 Å². The summed E-state index contributed by atoms with van der Waals surface area (Å²) in [6, 6.07) is 8.11. The number of halogens is 1. The van der Waals surface area contributed by atoms with E-state index >= 15 is 0 Å². The number of hydrogen-bond donors (Lipinski definition) is 2. The summed E-state index contributed by atoms with van der Waals surface area (Å²) in [7, 11) is 0. The molecule has 0 fully saturated rings. The molecular weight excluding hydrogens is 294 g/mol. The molecule has 0 aliphatic carbocycles. The highest BCUT2D eigenvalue weighted by molar-refractivity contribution is 6.31. The number of benzene rings is 1. The maximum Gasteiger partial charge on any atom is 0.355 e. The Balaban J connectivity index is 1.83. The number of hydrogen-bond acceptors (Lipinski definition) is 4. The number of ether oxygens (including phenoxy) is 1. The molecule has 7 heteroatoms. The molecule has 0 aliphatic rings. The zero-order valence-corrected chi connectivity index (χ0v) is 11.5. The molecule has 0 bridgehead atoms. The monoisotopic (exact) mass is 303 g/mol. The van der Waals surface area contributed by atoms with Crippen molar-refractivity contribution in [2.75, 3.05) is 0 Å². The molecule has 2 N–H and O–H groups in total. The van der Waals surface area contributed by atoms with E-state index in [1.807, 2.05) is 0 Å². The average molecular weight is 304 g/mol. The van der Waals surface area contributed by atoms with E-state index in [4.69, 9.17) is 16.3 Å². The van der Waals surface area contributed by atoms with Gasteiger partial charge in [-0.2, -0.15) is 0 Å². The zero-order valence-electron chi connectivity index (χ0n) is 10.7. The number of H-pyrrole nitrogens is 2. The minimum Gasteiger partial charge on any atom is -0.453 e. The van der Waals surface area contributed by atoms with Crippen LogP contribution in [0.2, 0.25) is 5.02 Å². The van der Waals surface area contributed by atoms with Gasteiger partial charge in [0.1, 0.15) is 18.1 Å². The van der Waals surface area contributed by atoms with E-state index in [-0.39, 0.29) is 18.0 Å². The second-order valence-corrected chi connectivity index (χ2v) is 4.77. The van der Waals surface area contributed by atoms with Crippen LogP contribution in [0.1, 0.15) is 16.3 Å². The summed E-state index contributed by atoms with van der Waals surface area (Å²) in [6.45, 7) is -0.119. The molecule has 106 valence electrons. The van der Waals surface area contributed by atoms with Gasteiger partial charge < -0.3 is 14.7 Å². The van der Waals surface area contributed by atoms with Gasteiger partial charge in [0.2, 0.25) is 0 Å². The molecule has 0 unspecified atom stereocenters. The van der Waals surface area contributed by atoms with Crippen LogP contribution in [0, 0.1) is 0 Å². The van der Waals surface area contributed by atoms with Crippen molar-refractivity contribution in [3.05, 3.63) is 63.4 Å². The first-order chi connectivity index (χ1) is 10.1. The van der Waals surface area contributed by atoms with E-state index in [0.29, 0.717) is 21.6 Å². The minimum atomic E-state index is -0.515. The second kappa shape index (κ2) is 5.41. The van der Waals surface area contributed by atoms with Gasteiger partial charge in [-0.15, -0.1) is 0 Å². The summed E-state index contributed by atoms with van der Waals surface area (Å²) in [5.74, 6) is -0.242. The lowest BCUT2D eigenvalue weighted by molar-refractivity contribution is 0.0456. The third kappa shape index (κ3) is 2.80. The van der Waals surface area contributed by atoms with Crippen LogP contribution in [-0.2, 0) is 11.3 Å². The highest BCUT2D eigenvalue weighted by Gasteiger charge is 2.10. The van der Waals surface area contributed by atoms with Crippen molar-refractivity contribution in [1.82, 2.24) is 15.0 Å². The van der Waals surface area contributed by atoms with Gasteiger partial charge >= 0.3 is 5.97 Å². The highest BCUT2D eigenvalue weighted by Crippen LogP contribution is 2.14. The first-order valence-corrected chi connectivity index (χ1v) is 6.50. The number of rotatable bonds is 3. The van der Waals surface area contributed by atoms with Gasteiger partial charge in [0.25, 0.3) is 5.56 Å². The van der Waals surface area contributed by atoms with Crippen molar-refractivity contribution >= 4 is 28.5 Å². The third-order valence-electron chi connectivity index (χ3n) is 2.87. The molecule has 6 nitrogen and oxygen atoms in total. The standard InChI is InChI=1S/C14H10ClN3O3/c15-8-3-4-10-9(6-8)13(19)18-12(17-10)7-21-14(20)11-2-1-5-16-11/h1-6,16H,7H2,(H,17,18,19). The second-order valence-electron chi connectivity index (χ2n) is 4.33. The number of aromatic nitrogens is 3. The van der Waals surface area contributed by atoms with Crippen LogP contribution in [0.4, 0.5) is 0 Å². The molecule has 0 radical (unpaired) electrons. The summed E-state index contributed by atoms with van der Waals surface area (Å²) in [5.41, 5.74) is 0.507. The number of nitrogens with one attached hydrogen (secondary N) is 2. The van der Waals surface area contributed by atoms with Crippen molar-refractivity contribution in [2.45, 2.75) is 6.61 Å². The predicted octanol–water partition coefficient (Wildman–Crippen LogP) is 2.26. The molecule has 2 aromatic heterocycles. The normalized spacial score (nSPS) is 10.7. The first-order valence-electron chi connectivity index (χ1n) is 6.12. The Morgan fingerprint density at radius 1 is 1.33 bits per heavy atom. The molecule has 3 rings (SSSR count). The molecule has 0 saturated carbocycles. The van der Waals surface area contributed by atoms with Crippen LogP contribution in [0.5, 0.6) is 0 Å². The van der Waals surface area contributed by atoms with Crippen LogP contribution < -0.4 is 5.56 Å². The fourth-order valence-electron chi connectivity index (χ4n) is 1.90. The van der Waals surface area contributed by atoms with Gasteiger partial charge in [0.05, 0.1) is 10.9 Å². The smallest absolute Gasteiger partial charge is 0.355 e. The van der Waals surface area contributed by atoms with Crippen molar-refractivity contribution in [3.8, 4) is 0 Å². The molecule has 0 aliphatic heterocycles. The zero-order chi connectivity index (χ0) is 14.8. The molecule has 2 heterocycles. The lowest BCUT2D eigenvalue weighted by Crippen LogP contribution is -2.14. The predicted molar refractivity (Wildman–Crippen MR) is 77.3 cm³/mol. The van der Waals surface area contributed by atoms with Crippen LogP contribution in [0.3, 0.4) is 0 Å². The summed E-state index contributed by atoms with van der Waals surface area (Å²) in [6.07, 6.45) is 1.62. The van der Waals surface area contributed by atoms with Crippen LogP contribution in [0.15, 0.2) is 41.3 Å². The summed E-state index contributed by atoms with van der Waals surface area (Å²) >= 11 is 5.84. The van der Waals surface area contributed by atoms with Crippen molar-refractivity contribution in [3.63, 3.8) is 0 Å². The van der Waals surface area contributed by atoms with Gasteiger partial charge in [-0.25, -0.2) is 9.78 Å². The van der Waals surface area contributed by atoms with Gasteiger partial charge in [-0.3, -0.25) is 4.79 Å². The number of carbonyl (C=O) groups is 1. The van der Waals surface area contributed by atoms with E-state index in [0.717, 1.165) is 0 Å². The summed E-state index contributed by atoms with van der Waals surface area (Å²) in [5, 5.41) is 0.850. The first kappa shape index (κ1) is 13.4. The van der Waals surface area contributed by atoms with E-state index in [9.17, 15) is 9.59 Å². The fourth-order valence-corrected chi connectivity index (χ4v) is 2.07. The lowest BCUT2D eigenvalue weighted by atomic mass is 10.2. The molecule has 21 heavy (non-hydrogen) atoms. The highest BCUT2D eigenvalue weighted by atomic mass is 35.5. The molecular formula is C14H10ClN3O3. The minimum absolute atomic E-state index is 0.119. The number of carbonyl (C=O) groups excluding carboxylic acids is 1. The van der Waals surface area contributed by atoms with E-state index in [2.05, 4.69) is 15.0 Å². The van der Waals surface area contributed by atoms with E-state index in [1.54, 1.807) is 30.5 Å². The molecule has 0 spiro atoms. The fraction of sp³-hybridized carbons (Fsp3) is 0.0714. The van der Waals surface area contributed by atoms with Crippen LogP contribution >= 0.6 is 11.6 Å². The van der Waals surface area contributed by atoms with Crippen molar-refractivity contribution < 1.29 is 9.53 Å². The Kier molecular flexibility index (Phi) is 3.45. The topological polar surface area (TPSA) is 87.8 Å². The Hall–Kier alpha value is -2.60. The van der Waals surface area contributed by atoms with Crippen molar-refractivity contribution in [2.24, 2.45) is 0 Å². The molecule has 0 atom stereocenters. The lowest BCUT2D eigenvalue weighted by Gasteiger charge is -2.04. The number of esters is 1. The summed E-state index contributed by atoms with van der Waals surface area (Å²) in [4.78, 5) is 33.1. The molecule has 1 aromatic carbocycles. The van der Waals surface area contributed by atoms with Gasteiger partial charge in [0.15, 0.2) is 0 Å². The van der Waals surface area contributed by atoms with Gasteiger partial charge in [-0.05, 0) is 30.3 Å². The Morgan fingerprint density at radius 2 is 2.19 bits per heavy atom. The SMILES string of the molecule is O=C(OCc1nc2ccc(Cl)cc2c(=O)[nH]1)c1ccc[nH]1. The van der Waals surface area contributed by atoms with E-state index in [1.165, 1.54) is 6.07 Å². The Bertz CT molecular complexity index is 856. The van der Waals surface area contributed by atoms with Crippen molar-refractivity contribution in [1.29, 1.82) is 0 Å². The molecule has 0 saturated heterocycles. The number of fused-ring (bicyclic) bond motifs is 1. The van der Waals surface area contributed by atoms with Gasteiger partial charge in [-0.1, -0.05) is 11.6 Å². The Labute approximate surface area is 123 Å². The number of aromatic amines is 2. The molecule has 3 aromatic rings. The number of nitrogens with zero attached hydrogens (tertiary/aromatic N) is 1. The van der Waals surface area contributed by atoms with Crippen LogP contribution in [-0.4, -0.2) is 20.9 Å². The largest absolute Gasteiger partial charge is 0.453 e. The van der Waals surface area contributed by atoms with Gasteiger partial charge in [0, 0.05) is 11.2 Å². The summed E-state index contributed by atoms with van der Waals surface area (Å²) < 4.78 is 5.07. The molecule has 0 amide bonds. The third-order valence-corrected chi connectivity index (χ3v) is 3.11. The average Bonchev–Trinajstić information content (AvgIpc) is 3.00.